The molecular weight excluding hydrogens is 204 g/mol. The zero-order valence-corrected chi connectivity index (χ0v) is 9.06. The van der Waals surface area contributed by atoms with E-state index in [1.54, 1.807) is 0 Å². The Morgan fingerprint density at radius 2 is 2.31 bits per heavy atom. The van der Waals surface area contributed by atoms with Crippen LogP contribution in [0.1, 0.15) is 18.4 Å². The second-order valence-corrected chi connectivity index (χ2v) is 3.79. The third kappa shape index (κ3) is 1.46. The molecule has 2 aromatic rings. The molecule has 82 valence electrons. The van der Waals surface area contributed by atoms with Crippen LogP contribution < -0.4 is 4.74 Å². The van der Waals surface area contributed by atoms with Crippen molar-refractivity contribution >= 4 is 0 Å². The molecular formula is C12H12N2O2. The molecule has 0 bridgehead atoms. The van der Waals surface area contributed by atoms with Crippen molar-refractivity contribution in [3.05, 3.63) is 29.7 Å². The number of aromatic nitrogens is 2. The van der Waals surface area contributed by atoms with E-state index in [2.05, 4.69) is 16.2 Å². The maximum absolute atomic E-state index is 5.51. The first-order valence-electron chi connectivity index (χ1n) is 5.45. The molecule has 1 aromatic heterocycles. The number of rotatable bonds is 2. The minimum atomic E-state index is 0.634. The topological polar surface area (TPSA) is 48.2 Å². The normalized spacial score (nSPS) is 13.6. The van der Waals surface area contributed by atoms with E-state index in [1.807, 2.05) is 19.1 Å². The smallest absolute Gasteiger partial charge is 0.226 e. The lowest BCUT2D eigenvalue weighted by molar-refractivity contribution is 0.357. The summed E-state index contributed by atoms with van der Waals surface area (Å²) < 4.78 is 10.6. The largest absolute Gasteiger partial charge is 0.493 e. The number of benzene rings is 1. The SMILES string of the molecule is CCc1nc(-c2ccc3c(c2)OCC3)no1. The molecule has 4 nitrogen and oxygen atoms in total. The molecule has 0 aliphatic carbocycles. The molecule has 16 heavy (non-hydrogen) atoms. The average molecular weight is 216 g/mol. The molecule has 0 saturated carbocycles. The summed E-state index contributed by atoms with van der Waals surface area (Å²) in [4.78, 5) is 4.29. The van der Waals surface area contributed by atoms with Gasteiger partial charge in [-0.1, -0.05) is 24.2 Å². The fourth-order valence-electron chi connectivity index (χ4n) is 1.82. The zero-order chi connectivity index (χ0) is 11.0. The van der Waals surface area contributed by atoms with Crippen LogP contribution in [0.25, 0.3) is 11.4 Å². The van der Waals surface area contributed by atoms with E-state index in [4.69, 9.17) is 9.26 Å². The Morgan fingerprint density at radius 1 is 1.38 bits per heavy atom. The molecule has 3 rings (SSSR count). The first kappa shape index (κ1) is 9.39. The first-order chi connectivity index (χ1) is 7.86. The highest BCUT2D eigenvalue weighted by atomic mass is 16.5. The molecule has 2 heterocycles. The van der Waals surface area contributed by atoms with Crippen LogP contribution in [-0.4, -0.2) is 16.7 Å². The van der Waals surface area contributed by atoms with Gasteiger partial charge in [0.15, 0.2) is 0 Å². The molecule has 0 unspecified atom stereocenters. The number of nitrogens with zero attached hydrogens (tertiary/aromatic N) is 2. The van der Waals surface area contributed by atoms with Gasteiger partial charge in [0.2, 0.25) is 11.7 Å². The summed E-state index contributed by atoms with van der Waals surface area (Å²) in [5.74, 6) is 2.24. The molecule has 0 N–H and O–H groups in total. The van der Waals surface area contributed by atoms with Gasteiger partial charge in [-0.25, -0.2) is 0 Å². The standard InChI is InChI=1S/C12H12N2O2/c1-2-11-13-12(14-16-11)9-4-3-8-5-6-15-10(8)7-9/h3-4,7H,2,5-6H2,1H3. The van der Waals surface area contributed by atoms with Crippen molar-refractivity contribution in [1.29, 1.82) is 0 Å². The Balaban J connectivity index is 2.00. The summed E-state index contributed by atoms with van der Waals surface area (Å²) in [6.45, 7) is 2.76. The van der Waals surface area contributed by atoms with Crippen LogP contribution >= 0.6 is 0 Å². The molecule has 4 heteroatoms. The fraction of sp³-hybridized carbons (Fsp3) is 0.333. The molecule has 1 aliphatic rings. The van der Waals surface area contributed by atoms with Gasteiger partial charge in [0.05, 0.1) is 6.61 Å². The van der Waals surface area contributed by atoms with Crippen molar-refractivity contribution in [2.75, 3.05) is 6.61 Å². The van der Waals surface area contributed by atoms with Gasteiger partial charge in [0, 0.05) is 18.4 Å². The average Bonchev–Trinajstić information content (AvgIpc) is 2.96. The van der Waals surface area contributed by atoms with Crippen LogP contribution in [0.15, 0.2) is 22.7 Å². The van der Waals surface area contributed by atoms with Crippen LogP contribution in [0.3, 0.4) is 0 Å². The van der Waals surface area contributed by atoms with Gasteiger partial charge < -0.3 is 9.26 Å². The van der Waals surface area contributed by atoms with E-state index in [1.165, 1.54) is 5.56 Å². The van der Waals surface area contributed by atoms with Crippen LogP contribution in [0.4, 0.5) is 0 Å². The van der Waals surface area contributed by atoms with E-state index in [-0.39, 0.29) is 0 Å². The lowest BCUT2D eigenvalue weighted by atomic mass is 10.1. The van der Waals surface area contributed by atoms with Crippen LogP contribution in [0, 0.1) is 0 Å². The molecule has 0 saturated heterocycles. The van der Waals surface area contributed by atoms with Crippen molar-refractivity contribution in [2.24, 2.45) is 0 Å². The summed E-state index contributed by atoms with van der Waals surface area (Å²) in [5, 5.41) is 3.94. The number of hydrogen-bond acceptors (Lipinski definition) is 4. The Labute approximate surface area is 93.2 Å². The molecule has 1 aliphatic heterocycles. The molecule has 0 radical (unpaired) electrons. The lowest BCUT2D eigenvalue weighted by Crippen LogP contribution is -1.86. The Morgan fingerprint density at radius 3 is 3.12 bits per heavy atom. The summed E-state index contributed by atoms with van der Waals surface area (Å²) in [6.07, 6.45) is 1.75. The molecule has 0 fully saturated rings. The Kier molecular flexibility index (Phi) is 2.13. The number of ether oxygens (including phenoxy) is 1. The Bertz CT molecular complexity index is 519. The van der Waals surface area contributed by atoms with Crippen molar-refractivity contribution in [2.45, 2.75) is 19.8 Å². The van der Waals surface area contributed by atoms with E-state index in [0.717, 1.165) is 30.8 Å². The quantitative estimate of drug-likeness (QED) is 0.772. The van der Waals surface area contributed by atoms with Gasteiger partial charge in [-0.05, 0) is 11.6 Å². The van der Waals surface area contributed by atoms with Gasteiger partial charge in [0.25, 0.3) is 0 Å². The second-order valence-electron chi connectivity index (χ2n) is 3.79. The van der Waals surface area contributed by atoms with Crippen molar-refractivity contribution in [3.8, 4) is 17.1 Å². The van der Waals surface area contributed by atoms with Crippen molar-refractivity contribution < 1.29 is 9.26 Å². The van der Waals surface area contributed by atoms with Crippen LogP contribution in [0.5, 0.6) is 5.75 Å². The van der Waals surface area contributed by atoms with Gasteiger partial charge in [-0.3, -0.25) is 0 Å². The summed E-state index contributed by atoms with van der Waals surface area (Å²) >= 11 is 0. The van der Waals surface area contributed by atoms with Crippen molar-refractivity contribution in [1.82, 2.24) is 10.1 Å². The third-order valence-electron chi connectivity index (χ3n) is 2.72. The summed E-state index contributed by atoms with van der Waals surface area (Å²) in [5.41, 5.74) is 2.20. The van der Waals surface area contributed by atoms with Gasteiger partial charge in [0.1, 0.15) is 5.75 Å². The number of hydrogen-bond donors (Lipinski definition) is 0. The summed E-state index contributed by atoms with van der Waals surface area (Å²) in [7, 11) is 0. The predicted molar refractivity (Wildman–Crippen MR) is 58.3 cm³/mol. The van der Waals surface area contributed by atoms with Gasteiger partial charge in [-0.15, -0.1) is 0 Å². The highest BCUT2D eigenvalue weighted by molar-refractivity contribution is 5.59. The minimum Gasteiger partial charge on any atom is -0.493 e. The Hall–Kier alpha value is -1.84. The number of fused-ring (bicyclic) bond motifs is 1. The van der Waals surface area contributed by atoms with Crippen molar-refractivity contribution in [3.63, 3.8) is 0 Å². The minimum absolute atomic E-state index is 0.634. The van der Waals surface area contributed by atoms with Gasteiger partial charge >= 0.3 is 0 Å². The number of aryl methyl sites for hydroxylation is 1. The monoisotopic (exact) mass is 216 g/mol. The molecule has 0 amide bonds. The predicted octanol–water partition coefficient (Wildman–Crippen LogP) is 2.23. The molecule has 1 aromatic carbocycles. The summed E-state index contributed by atoms with van der Waals surface area (Å²) in [6, 6.07) is 6.06. The highest BCUT2D eigenvalue weighted by Gasteiger charge is 2.14. The van der Waals surface area contributed by atoms with Gasteiger partial charge in [-0.2, -0.15) is 4.98 Å². The van der Waals surface area contributed by atoms with Crippen LogP contribution in [-0.2, 0) is 12.8 Å². The third-order valence-corrected chi connectivity index (χ3v) is 2.72. The van der Waals surface area contributed by atoms with E-state index in [0.29, 0.717) is 11.7 Å². The van der Waals surface area contributed by atoms with E-state index < -0.39 is 0 Å². The highest BCUT2D eigenvalue weighted by Crippen LogP contribution is 2.29. The zero-order valence-electron chi connectivity index (χ0n) is 9.06. The lowest BCUT2D eigenvalue weighted by Gasteiger charge is -1.99. The van der Waals surface area contributed by atoms with E-state index in [9.17, 15) is 0 Å². The fourth-order valence-corrected chi connectivity index (χ4v) is 1.82. The first-order valence-corrected chi connectivity index (χ1v) is 5.45. The van der Waals surface area contributed by atoms with Crippen LogP contribution in [0.2, 0.25) is 0 Å². The molecule has 0 atom stereocenters. The van der Waals surface area contributed by atoms with E-state index >= 15 is 0 Å². The maximum Gasteiger partial charge on any atom is 0.226 e. The second kappa shape index (κ2) is 3.63. The maximum atomic E-state index is 5.51. The molecule has 0 spiro atoms.